The van der Waals surface area contributed by atoms with Crippen molar-refractivity contribution in [3.63, 3.8) is 0 Å². The van der Waals surface area contributed by atoms with Crippen LogP contribution in [-0.2, 0) is 6.54 Å². The Morgan fingerprint density at radius 3 is 2.57 bits per heavy atom. The van der Waals surface area contributed by atoms with Crippen molar-refractivity contribution in [3.05, 3.63) is 53.2 Å². The van der Waals surface area contributed by atoms with Gasteiger partial charge in [0, 0.05) is 31.3 Å². The molecule has 0 spiro atoms. The van der Waals surface area contributed by atoms with Crippen LogP contribution in [0, 0.1) is 0 Å². The van der Waals surface area contributed by atoms with E-state index < -0.39 is 0 Å². The number of benzene rings is 2. The molecule has 35 heavy (non-hydrogen) atoms. The first-order chi connectivity index (χ1) is 16.8. The summed E-state index contributed by atoms with van der Waals surface area (Å²) in [4.78, 5) is 15.0. The minimum atomic E-state index is -0.359. The molecule has 3 aromatic rings. The molecule has 0 unspecified atom stereocenters. The number of hydrogen-bond acceptors (Lipinski definition) is 7. The molecule has 1 aliphatic rings. The van der Waals surface area contributed by atoms with Gasteiger partial charge >= 0.3 is 0 Å². The molecule has 0 bridgehead atoms. The average molecular weight is 480 g/mol. The number of piperidine rings is 1. The van der Waals surface area contributed by atoms with Crippen LogP contribution in [0.4, 0.5) is 0 Å². The molecule has 1 atom stereocenters. The lowest BCUT2D eigenvalue weighted by Gasteiger charge is -2.30. The lowest BCUT2D eigenvalue weighted by Crippen LogP contribution is -2.37. The first-order valence-corrected chi connectivity index (χ1v) is 12.1. The molecular weight excluding hydrogens is 446 g/mol. The Balaban J connectivity index is 1.74. The van der Waals surface area contributed by atoms with E-state index in [1.54, 1.807) is 6.07 Å². The van der Waals surface area contributed by atoms with Crippen molar-refractivity contribution in [1.29, 1.82) is 0 Å². The van der Waals surface area contributed by atoms with Gasteiger partial charge in [-0.25, -0.2) is 4.68 Å². The number of likely N-dealkylation sites (tertiary alicyclic amines) is 1. The number of carbonyl (C=O) groups is 1. The maximum atomic E-state index is 12.8. The Hall–Kier alpha value is -3.43. The number of carbonyl (C=O) groups excluding carboxylic acids is 1. The van der Waals surface area contributed by atoms with E-state index in [1.165, 1.54) is 10.7 Å². The second-order valence-corrected chi connectivity index (χ2v) is 9.34. The van der Waals surface area contributed by atoms with Gasteiger partial charge in [0.2, 0.25) is 0 Å². The Kier molecular flexibility index (Phi) is 7.37. The minimum Gasteiger partial charge on any atom is -0.508 e. The molecule has 186 valence electrons. The van der Waals surface area contributed by atoms with Crippen molar-refractivity contribution in [1.82, 2.24) is 25.2 Å². The van der Waals surface area contributed by atoms with Crippen LogP contribution >= 0.6 is 0 Å². The third-order valence-electron chi connectivity index (χ3n) is 6.31. The smallest absolute Gasteiger partial charge is 0.274 e. The van der Waals surface area contributed by atoms with E-state index in [2.05, 4.69) is 20.5 Å². The fraction of sp³-hybridized carbons (Fsp3) is 0.423. The van der Waals surface area contributed by atoms with E-state index in [0.29, 0.717) is 30.0 Å². The number of hydrogen-bond donors (Lipinski definition) is 4. The normalized spacial score (nSPS) is 16.5. The lowest BCUT2D eigenvalue weighted by atomic mass is 10.0. The molecule has 9 nitrogen and oxygen atoms in total. The Morgan fingerprint density at radius 1 is 1.17 bits per heavy atom. The molecule has 4 N–H and O–H groups in total. The van der Waals surface area contributed by atoms with Crippen LogP contribution in [0.15, 0.2) is 36.4 Å². The summed E-state index contributed by atoms with van der Waals surface area (Å²) in [5, 5.41) is 42.0. The predicted molar refractivity (Wildman–Crippen MR) is 133 cm³/mol. The molecule has 0 radical (unpaired) electrons. The van der Waals surface area contributed by atoms with Crippen LogP contribution in [-0.4, -0.2) is 66.9 Å². The lowest BCUT2D eigenvalue weighted by molar-refractivity contribution is 0.0668. The van der Waals surface area contributed by atoms with Crippen LogP contribution in [0.1, 0.15) is 61.1 Å². The monoisotopic (exact) mass is 479 g/mol. The number of amides is 1. The average Bonchev–Trinajstić information content (AvgIpc) is 3.24. The number of β-amino-alcohol motifs (C(OH)–C–C–N with tert-alkyl or cyclic N) is 1. The second kappa shape index (κ2) is 10.5. The first-order valence-electron chi connectivity index (χ1n) is 12.1. The van der Waals surface area contributed by atoms with E-state index in [4.69, 9.17) is 0 Å². The van der Waals surface area contributed by atoms with Crippen molar-refractivity contribution in [2.45, 2.75) is 52.2 Å². The number of phenolic OH excluding ortho intramolecular Hbond substituents is 2. The molecule has 1 saturated heterocycles. The third kappa shape index (κ3) is 5.31. The molecule has 0 aliphatic carbocycles. The Bertz CT molecular complexity index is 1190. The van der Waals surface area contributed by atoms with Gasteiger partial charge in [-0.15, -0.1) is 5.10 Å². The number of rotatable bonds is 7. The topological polar surface area (TPSA) is 124 Å². The van der Waals surface area contributed by atoms with Crippen LogP contribution in [0.5, 0.6) is 11.5 Å². The number of nitrogens with zero attached hydrogens (tertiary/aromatic N) is 4. The third-order valence-corrected chi connectivity index (χ3v) is 6.31. The summed E-state index contributed by atoms with van der Waals surface area (Å²) in [6, 6.07) is 10.8. The summed E-state index contributed by atoms with van der Waals surface area (Å²) < 4.78 is 1.45. The predicted octanol–water partition coefficient (Wildman–Crippen LogP) is 3.18. The molecule has 1 amide bonds. The summed E-state index contributed by atoms with van der Waals surface area (Å²) >= 11 is 0. The highest BCUT2D eigenvalue weighted by molar-refractivity contribution is 5.98. The number of phenols is 2. The van der Waals surface area contributed by atoms with E-state index in [-0.39, 0.29) is 35.1 Å². The Morgan fingerprint density at radius 2 is 1.91 bits per heavy atom. The second-order valence-electron chi connectivity index (χ2n) is 9.34. The molecule has 2 aromatic carbocycles. The van der Waals surface area contributed by atoms with Crippen LogP contribution in [0.3, 0.4) is 0 Å². The summed E-state index contributed by atoms with van der Waals surface area (Å²) in [5.74, 6) is -0.515. The maximum Gasteiger partial charge on any atom is 0.274 e. The first kappa shape index (κ1) is 24.7. The van der Waals surface area contributed by atoms with Crippen molar-refractivity contribution < 1.29 is 20.1 Å². The zero-order chi connectivity index (χ0) is 25.1. The molecule has 4 rings (SSSR count). The summed E-state index contributed by atoms with van der Waals surface area (Å²) in [5.41, 5.74) is 3.39. The molecular formula is C26H33N5O4. The highest BCUT2D eigenvalue weighted by atomic mass is 16.3. The summed E-state index contributed by atoms with van der Waals surface area (Å²) in [7, 11) is 0. The van der Waals surface area contributed by atoms with Gasteiger partial charge in [0.1, 0.15) is 22.9 Å². The zero-order valence-electron chi connectivity index (χ0n) is 20.4. The Labute approximate surface area is 205 Å². The highest BCUT2D eigenvalue weighted by Crippen LogP contribution is 2.36. The highest BCUT2D eigenvalue weighted by Gasteiger charge is 2.25. The quantitative estimate of drug-likeness (QED) is 0.410. The van der Waals surface area contributed by atoms with Crippen molar-refractivity contribution in [2.24, 2.45) is 0 Å². The number of aliphatic hydroxyl groups excluding tert-OH is 1. The standard InChI is InChI=1S/C26H33N5O4/c1-4-27-26(35)24-25(18-9-7-17(8-10-18)14-30-11-5-6-19(32)15-30)31(29-28-24)21-12-20(16(2)3)22(33)13-23(21)34/h7-10,12-13,16,19,32-34H,4-6,11,14-15H2,1-3H3,(H,27,35)/t19-/m0/s1. The van der Waals surface area contributed by atoms with E-state index in [0.717, 1.165) is 37.1 Å². The van der Waals surface area contributed by atoms with Gasteiger partial charge in [-0.3, -0.25) is 9.69 Å². The molecule has 1 fully saturated rings. The number of aliphatic hydroxyl groups is 1. The van der Waals surface area contributed by atoms with Crippen LogP contribution in [0.2, 0.25) is 0 Å². The summed E-state index contributed by atoms with van der Waals surface area (Å²) in [6.45, 7) is 8.50. The van der Waals surface area contributed by atoms with Crippen LogP contribution < -0.4 is 5.32 Å². The number of nitrogens with one attached hydrogen (secondary N) is 1. The zero-order valence-corrected chi connectivity index (χ0v) is 20.4. The fourth-order valence-corrected chi connectivity index (χ4v) is 4.52. The van der Waals surface area contributed by atoms with E-state index in [1.807, 2.05) is 45.0 Å². The molecule has 1 aliphatic heterocycles. The SMILES string of the molecule is CCNC(=O)c1nnn(-c2cc(C(C)C)c(O)cc2O)c1-c1ccc(CN2CCC[C@H](O)C2)cc1. The molecule has 1 aromatic heterocycles. The van der Waals surface area contributed by atoms with Gasteiger partial charge in [-0.05, 0) is 49.4 Å². The van der Waals surface area contributed by atoms with E-state index >= 15 is 0 Å². The molecule has 0 saturated carbocycles. The number of aromatic hydroxyl groups is 2. The molecule has 2 heterocycles. The van der Waals surface area contributed by atoms with Gasteiger partial charge in [-0.2, -0.15) is 0 Å². The summed E-state index contributed by atoms with van der Waals surface area (Å²) in [6.07, 6.45) is 1.54. The van der Waals surface area contributed by atoms with Gasteiger partial charge in [-0.1, -0.05) is 43.3 Å². The fourth-order valence-electron chi connectivity index (χ4n) is 4.52. The largest absolute Gasteiger partial charge is 0.508 e. The minimum absolute atomic E-state index is 0.000881. The van der Waals surface area contributed by atoms with Crippen molar-refractivity contribution >= 4 is 5.91 Å². The van der Waals surface area contributed by atoms with E-state index in [9.17, 15) is 20.1 Å². The van der Waals surface area contributed by atoms with Gasteiger partial charge < -0.3 is 20.6 Å². The van der Waals surface area contributed by atoms with Gasteiger partial charge in [0.15, 0.2) is 5.69 Å². The van der Waals surface area contributed by atoms with Crippen molar-refractivity contribution in [3.8, 4) is 28.4 Å². The number of aromatic nitrogens is 3. The molecule has 9 heteroatoms. The van der Waals surface area contributed by atoms with Gasteiger partial charge in [0.25, 0.3) is 5.91 Å². The van der Waals surface area contributed by atoms with Gasteiger partial charge in [0.05, 0.1) is 6.10 Å². The van der Waals surface area contributed by atoms with Crippen molar-refractivity contribution in [2.75, 3.05) is 19.6 Å². The maximum absolute atomic E-state index is 12.8. The van der Waals surface area contributed by atoms with Crippen LogP contribution in [0.25, 0.3) is 16.9 Å².